The fourth-order valence-corrected chi connectivity index (χ4v) is 3.85. The van der Waals surface area contributed by atoms with E-state index in [0.29, 0.717) is 26.1 Å². The molecule has 5 nitrogen and oxygen atoms in total. The van der Waals surface area contributed by atoms with E-state index in [1.165, 1.54) is 57.8 Å². The average Bonchev–Trinajstić information content (AvgIpc) is 3.16. The van der Waals surface area contributed by atoms with Crippen molar-refractivity contribution in [2.24, 2.45) is 0 Å². The van der Waals surface area contributed by atoms with E-state index in [4.69, 9.17) is 9.47 Å². The number of rotatable bonds is 16. The van der Waals surface area contributed by atoms with Gasteiger partial charge in [0.15, 0.2) is 0 Å². The van der Waals surface area contributed by atoms with Crippen molar-refractivity contribution in [2.75, 3.05) is 13.2 Å². The molecule has 0 aromatic heterocycles. The summed E-state index contributed by atoms with van der Waals surface area (Å²) in [4.78, 5) is 24.5. The maximum Gasteiger partial charge on any atom is 0.408 e. The number of alkyl carbamates (subject to hydrolysis) is 1. The Morgan fingerprint density at radius 2 is 1.25 bits per heavy atom. The number of hydrogen-bond donors (Lipinski definition) is 1. The Morgan fingerprint density at radius 1 is 0.714 bits per heavy atom. The van der Waals surface area contributed by atoms with Crippen LogP contribution >= 0.6 is 0 Å². The zero-order chi connectivity index (χ0) is 20.5. The van der Waals surface area contributed by atoms with Crippen LogP contribution in [0.3, 0.4) is 0 Å². The average molecular weight is 398 g/mol. The summed E-state index contributed by atoms with van der Waals surface area (Å²) in [5.74, 6) is -0.287. The van der Waals surface area contributed by atoms with Crippen LogP contribution in [0.5, 0.6) is 0 Å². The fourth-order valence-electron chi connectivity index (χ4n) is 3.85. The summed E-state index contributed by atoms with van der Waals surface area (Å²) in [6.07, 6.45) is 17.4. The minimum absolute atomic E-state index is 0.287. The third-order valence-electron chi connectivity index (χ3n) is 5.61. The van der Waals surface area contributed by atoms with E-state index < -0.39 is 11.6 Å². The van der Waals surface area contributed by atoms with Gasteiger partial charge in [0.2, 0.25) is 0 Å². The van der Waals surface area contributed by atoms with E-state index >= 15 is 0 Å². The van der Waals surface area contributed by atoms with Crippen LogP contribution in [0.1, 0.15) is 117 Å². The maximum absolute atomic E-state index is 12.6. The van der Waals surface area contributed by atoms with Gasteiger partial charge in [-0.3, -0.25) is 0 Å². The van der Waals surface area contributed by atoms with Gasteiger partial charge < -0.3 is 14.8 Å². The molecule has 28 heavy (non-hydrogen) atoms. The van der Waals surface area contributed by atoms with Gasteiger partial charge >= 0.3 is 12.1 Å². The van der Waals surface area contributed by atoms with E-state index in [2.05, 4.69) is 12.2 Å². The van der Waals surface area contributed by atoms with Gasteiger partial charge in [0.05, 0.1) is 13.2 Å². The standard InChI is InChI=1S/C23H43NO4/c1-3-5-6-7-8-9-10-11-12-13-16-20-27-21(25)23(17-14-15-18-23)24-22(26)28-19-4-2/h3-20H2,1-2H3,(H,24,26). The molecule has 1 aliphatic carbocycles. The molecule has 1 amide bonds. The zero-order valence-corrected chi connectivity index (χ0v) is 18.4. The van der Waals surface area contributed by atoms with E-state index in [1.54, 1.807) is 0 Å². The van der Waals surface area contributed by atoms with Gasteiger partial charge in [-0.25, -0.2) is 9.59 Å². The molecule has 1 N–H and O–H groups in total. The molecule has 0 bridgehead atoms. The van der Waals surface area contributed by atoms with E-state index in [0.717, 1.165) is 32.1 Å². The highest BCUT2D eigenvalue weighted by Gasteiger charge is 2.44. The van der Waals surface area contributed by atoms with Gasteiger partial charge in [0.1, 0.15) is 5.54 Å². The van der Waals surface area contributed by atoms with Crippen LogP contribution in [0, 0.1) is 0 Å². The molecule has 0 aliphatic heterocycles. The number of carbonyl (C=O) groups excluding carboxylic acids is 2. The van der Waals surface area contributed by atoms with Crippen LogP contribution < -0.4 is 5.32 Å². The van der Waals surface area contributed by atoms with Gasteiger partial charge in [0, 0.05) is 0 Å². The van der Waals surface area contributed by atoms with Crippen LogP contribution in [0.4, 0.5) is 4.79 Å². The number of unbranched alkanes of at least 4 members (excludes halogenated alkanes) is 10. The van der Waals surface area contributed by atoms with Crippen molar-refractivity contribution in [1.29, 1.82) is 0 Å². The first kappa shape index (κ1) is 24.8. The quantitative estimate of drug-likeness (QED) is 0.245. The van der Waals surface area contributed by atoms with Crippen molar-refractivity contribution < 1.29 is 19.1 Å². The van der Waals surface area contributed by atoms with Gasteiger partial charge in [-0.15, -0.1) is 0 Å². The first-order valence-electron chi connectivity index (χ1n) is 11.8. The molecule has 0 aromatic rings. The van der Waals surface area contributed by atoms with Gasteiger partial charge in [-0.05, 0) is 25.7 Å². The minimum atomic E-state index is -0.872. The topological polar surface area (TPSA) is 64.6 Å². The molecule has 0 aromatic carbocycles. The Labute approximate surface area is 172 Å². The lowest BCUT2D eigenvalue weighted by Gasteiger charge is -2.27. The Bertz CT molecular complexity index is 419. The summed E-state index contributed by atoms with van der Waals surface area (Å²) >= 11 is 0. The first-order chi connectivity index (χ1) is 13.6. The SMILES string of the molecule is CCCCCCCCCCCCCOC(=O)C1(NC(=O)OCCC)CCCC1. The Hall–Kier alpha value is -1.26. The predicted octanol–water partition coefficient (Wildman–Crippen LogP) is 6.29. The van der Waals surface area contributed by atoms with Crippen molar-refractivity contribution >= 4 is 12.1 Å². The lowest BCUT2D eigenvalue weighted by Crippen LogP contribution is -2.53. The van der Waals surface area contributed by atoms with Crippen LogP contribution in [0.15, 0.2) is 0 Å². The summed E-state index contributed by atoms with van der Waals surface area (Å²) in [6.45, 7) is 5.02. The third-order valence-corrected chi connectivity index (χ3v) is 5.61. The van der Waals surface area contributed by atoms with Crippen LogP contribution in [-0.2, 0) is 14.3 Å². The Kier molecular flexibility index (Phi) is 13.8. The summed E-state index contributed by atoms with van der Waals surface area (Å²) in [5, 5.41) is 2.78. The lowest BCUT2D eigenvalue weighted by molar-refractivity contribution is -0.151. The monoisotopic (exact) mass is 397 g/mol. The molecular formula is C23H43NO4. The summed E-state index contributed by atoms with van der Waals surface area (Å²) < 4.78 is 10.6. The number of hydrogen-bond acceptors (Lipinski definition) is 4. The second-order valence-corrected chi connectivity index (χ2v) is 8.22. The number of ether oxygens (including phenoxy) is 2. The van der Waals surface area contributed by atoms with E-state index in [1.807, 2.05) is 6.92 Å². The number of carbonyl (C=O) groups is 2. The smallest absolute Gasteiger partial charge is 0.408 e. The second-order valence-electron chi connectivity index (χ2n) is 8.22. The Balaban J connectivity index is 2.09. The molecule has 0 spiro atoms. The molecule has 0 radical (unpaired) electrons. The molecule has 0 unspecified atom stereocenters. The highest BCUT2D eigenvalue weighted by molar-refractivity contribution is 5.86. The normalized spacial score (nSPS) is 15.4. The molecule has 1 saturated carbocycles. The highest BCUT2D eigenvalue weighted by atomic mass is 16.6. The van der Waals surface area contributed by atoms with E-state index in [-0.39, 0.29) is 5.97 Å². The number of nitrogens with one attached hydrogen (secondary N) is 1. The third kappa shape index (κ3) is 10.3. The van der Waals surface area contributed by atoms with Crippen LogP contribution in [-0.4, -0.2) is 30.8 Å². The molecular weight excluding hydrogens is 354 g/mol. The molecule has 1 rings (SSSR count). The van der Waals surface area contributed by atoms with Gasteiger partial charge in [-0.1, -0.05) is 90.9 Å². The lowest BCUT2D eigenvalue weighted by atomic mass is 9.98. The number of esters is 1. The zero-order valence-electron chi connectivity index (χ0n) is 18.4. The molecule has 5 heteroatoms. The first-order valence-corrected chi connectivity index (χ1v) is 11.8. The van der Waals surface area contributed by atoms with Crippen molar-refractivity contribution in [3.8, 4) is 0 Å². The van der Waals surface area contributed by atoms with Crippen LogP contribution in [0.2, 0.25) is 0 Å². The summed E-state index contributed by atoms with van der Waals surface area (Å²) in [6, 6.07) is 0. The van der Waals surface area contributed by atoms with Crippen molar-refractivity contribution in [1.82, 2.24) is 5.32 Å². The summed E-state index contributed by atoms with van der Waals surface area (Å²) in [7, 11) is 0. The van der Waals surface area contributed by atoms with Crippen molar-refractivity contribution in [2.45, 2.75) is 122 Å². The highest BCUT2D eigenvalue weighted by Crippen LogP contribution is 2.31. The van der Waals surface area contributed by atoms with Crippen molar-refractivity contribution in [3.05, 3.63) is 0 Å². The molecule has 1 fully saturated rings. The molecule has 0 saturated heterocycles. The minimum Gasteiger partial charge on any atom is -0.464 e. The largest absolute Gasteiger partial charge is 0.464 e. The predicted molar refractivity (Wildman–Crippen MR) is 113 cm³/mol. The molecule has 0 atom stereocenters. The van der Waals surface area contributed by atoms with Gasteiger partial charge in [-0.2, -0.15) is 0 Å². The Morgan fingerprint density at radius 3 is 1.79 bits per heavy atom. The molecule has 0 heterocycles. The molecule has 1 aliphatic rings. The van der Waals surface area contributed by atoms with Crippen LogP contribution in [0.25, 0.3) is 0 Å². The molecule has 164 valence electrons. The van der Waals surface area contributed by atoms with Gasteiger partial charge in [0.25, 0.3) is 0 Å². The number of amides is 1. The maximum atomic E-state index is 12.6. The van der Waals surface area contributed by atoms with E-state index in [9.17, 15) is 9.59 Å². The fraction of sp³-hybridized carbons (Fsp3) is 0.913. The summed E-state index contributed by atoms with van der Waals surface area (Å²) in [5.41, 5.74) is -0.872. The second kappa shape index (κ2) is 15.6. The van der Waals surface area contributed by atoms with Crippen molar-refractivity contribution in [3.63, 3.8) is 0 Å².